The van der Waals surface area contributed by atoms with Crippen LogP contribution in [0.5, 0.6) is 0 Å². The highest BCUT2D eigenvalue weighted by Crippen LogP contribution is 2.30. The van der Waals surface area contributed by atoms with Gasteiger partial charge in [-0.1, -0.05) is 6.07 Å². The number of hydrogen-bond acceptors (Lipinski definition) is 3. The number of hydrogen-bond donors (Lipinski definition) is 2. The van der Waals surface area contributed by atoms with Crippen molar-refractivity contribution in [3.05, 3.63) is 29.8 Å². The lowest BCUT2D eigenvalue weighted by molar-refractivity contribution is -0.137. The number of benzene rings is 1. The smallest absolute Gasteiger partial charge is 0.325 e. The highest BCUT2D eigenvalue weighted by atomic mass is 32.2. The molecule has 1 aliphatic heterocycles. The van der Waals surface area contributed by atoms with E-state index in [1.165, 1.54) is 12.1 Å². The first-order valence-corrected chi connectivity index (χ1v) is 6.91. The van der Waals surface area contributed by atoms with Crippen molar-refractivity contribution >= 4 is 23.4 Å². The predicted molar refractivity (Wildman–Crippen MR) is 69.2 cm³/mol. The van der Waals surface area contributed by atoms with Gasteiger partial charge in [0.05, 0.1) is 11.6 Å². The van der Waals surface area contributed by atoms with E-state index in [4.69, 9.17) is 0 Å². The first-order valence-electron chi connectivity index (χ1n) is 5.76. The van der Waals surface area contributed by atoms with Crippen LogP contribution in [0.1, 0.15) is 5.56 Å². The van der Waals surface area contributed by atoms with Crippen LogP contribution in [0.15, 0.2) is 24.3 Å². The molecule has 0 bridgehead atoms. The molecule has 1 saturated heterocycles. The van der Waals surface area contributed by atoms with E-state index in [9.17, 15) is 18.0 Å². The minimum atomic E-state index is -4.40. The fraction of sp³-hybridized carbons (Fsp3) is 0.417. The molecule has 0 aliphatic carbocycles. The molecule has 1 heterocycles. The van der Waals surface area contributed by atoms with E-state index in [0.29, 0.717) is 5.75 Å². The number of halogens is 3. The molecule has 1 amide bonds. The van der Waals surface area contributed by atoms with Crippen LogP contribution in [-0.2, 0) is 11.0 Å². The quantitative estimate of drug-likeness (QED) is 0.878. The van der Waals surface area contributed by atoms with Crippen LogP contribution in [0.25, 0.3) is 0 Å². The molecule has 1 aromatic carbocycles. The van der Waals surface area contributed by atoms with E-state index < -0.39 is 11.7 Å². The summed E-state index contributed by atoms with van der Waals surface area (Å²) in [5.74, 6) is 1.27. The van der Waals surface area contributed by atoms with Gasteiger partial charge in [0, 0.05) is 23.7 Å². The molecule has 0 radical (unpaired) electrons. The Labute approximate surface area is 112 Å². The zero-order valence-electron chi connectivity index (χ0n) is 9.96. The zero-order chi connectivity index (χ0) is 13.9. The second-order valence-corrected chi connectivity index (χ2v) is 5.30. The zero-order valence-corrected chi connectivity index (χ0v) is 10.8. The van der Waals surface area contributed by atoms with Gasteiger partial charge in [0.1, 0.15) is 0 Å². The van der Waals surface area contributed by atoms with Gasteiger partial charge in [-0.25, -0.2) is 0 Å². The number of nitrogens with one attached hydrogen (secondary N) is 2. The van der Waals surface area contributed by atoms with Gasteiger partial charge in [-0.05, 0) is 18.2 Å². The predicted octanol–water partition coefficient (Wildman–Crippen LogP) is 2.35. The van der Waals surface area contributed by atoms with Crippen LogP contribution in [0.2, 0.25) is 0 Å². The number of thioether (sulfide) groups is 1. The molecule has 3 nitrogen and oxygen atoms in total. The summed E-state index contributed by atoms with van der Waals surface area (Å²) in [5, 5.41) is 5.54. The van der Waals surface area contributed by atoms with Crippen molar-refractivity contribution < 1.29 is 18.0 Å². The normalized spacial score (nSPS) is 20.1. The van der Waals surface area contributed by atoms with Gasteiger partial charge in [-0.3, -0.25) is 4.79 Å². The average Bonchev–Trinajstić information content (AvgIpc) is 2.39. The summed E-state index contributed by atoms with van der Waals surface area (Å²) >= 11 is 1.65. The number of amides is 1. The van der Waals surface area contributed by atoms with E-state index in [2.05, 4.69) is 10.6 Å². The van der Waals surface area contributed by atoms with Crippen molar-refractivity contribution in [1.82, 2.24) is 5.32 Å². The van der Waals surface area contributed by atoms with Crippen LogP contribution in [-0.4, -0.2) is 30.0 Å². The molecule has 104 valence electrons. The van der Waals surface area contributed by atoms with E-state index in [1.54, 1.807) is 11.8 Å². The minimum absolute atomic E-state index is 0.164. The third kappa shape index (κ3) is 3.87. The lowest BCUT2D eigenvalue weighted by atomic mass is 10.2. The molecular formula is C12H13F3N2OS. The van der Waals surface area contributed by atoms with Crippen LogP contribution in [0.4, 0.5) is 18.9 Å². The molecule has 1 unspecified atom stereocenters. The van der Waals surface area contributed by atoms with E-state index in [0.717, 1.165) is 24.4 Å². The summed E-state index contributed by atoms with van der Waals surface area (Å²) < 4.78 is 37.6. The molecule has 0 spiro atoms. The number of carbonyl (C=O) groups excluding carboxylic acids is 1. The Morgan fingerprint density at radius 2 is 2.21 bits per heavy atom. The summed E-state index contributed by atoms with van der Waals surface area (Å²) in [5.41, 5.74) is -0.603. The molecule has 0 aromatic heterocycles. The third-order valence-electron chi connectivity index (χ3n) is 2.70. The second kappa shape index (κ2) is 5.83. The van der Waals surface area contributed by atoms with Gasteiger partial charge in [-0.2, -0.15) is 24.9 Å². The molecule has 1 atom stereocenters. The first-order chi connectivity index (χ1) is 8.97. The largest absolute Gasteiger partial charge is 0.416 e. The molecular weight excluding hydrogens is 277 g/mol. The number of anilines is 1. The maximum Gasteiger partial charge on any atom is 0.416 e. The van der Waals surface area contributed by atoms with Gasteiger partial charge < -0.3 is 10.6 Å². The van der Waals surface area contributed by atoms with Crippen LogP contribution < -0.4 is 10.6 Å². The fourth-order valence-electron chi connectivity index (χ4n) is 1.74. The van der Waals surface area contributed by atoms with E-state index in [-0.39, 0.29) is 17.6 Å². The summed E-state index contributed by atoms with van der Waals surface area (Å²) in [6, 6.07) is 4.29. The summed E-state index contributed by atoms with van der Waals surface area (Å²) in [6.07, 6.45) is -4.40. The fourth-order valence-corrected chi connectivity index (χ4v) is 2.67. The highest BCUT2D eigenvalue weighted by Gasteiger charge is 2.30. The lowest BCUT2D eigenvalue weighted by Gasteiger charge is -2.22. The number of alkyl halides is 3. The molecule has 19 heavy (non-hydrogen) atoms. The first kappa shape index (κ1) is 14.2. The Kier molecular flexibility index (Phi) is 4.36. The molecule has 7 heteroatoms. The SMILES string of the molecule is O=C(Nc1cccc(C(F)(F)F)c1)C1CSCCN1. The summed E-state index contributed by atoms with van der Waals surface area (Å²) in [7, 11) is 0. The van der Waals surface area contributed by atoms with Crippen LogP contribution >= 0.6 is 11.8 Å². The molecule has 2 N–H and O–H groups in total. The Morgan fingerprint density at radius 3 is 2.84 bits per heavy atom. The van der Waals surface area contributed by atoms with Crippen molar-refractivity contribution in [2.24, 2.45) is 0 Å². The van der Waals surface area contributed by atoms with Crippen molar-refractivity contribution in [2.45, 2.75) is 12.2 Å². The maximum absolute atomic E-state index is 12.5. The highest BCUT2D eigenvalue weighted by molar-refractivity contribution is 7.99. The Bertz CT molecular complexity index is 459. The summed E-state index contributed by atoms with van der Waals surface area (Å²) in [4.78, 5) is 11.9. The average molecular weight is 290 g/mol. The Morgan fingerprint density at radius 1 is 1.42 bits per heavy atom. The molecule has 1 fully saturated rings. The number of carbonyl (C=O) groups is 1. The molecule has 2 rings (SSSR count). The molecule has 0 saturated carbocycles. The van der Waals surface area contributed by atoms with Crippen molar-refractivity contribution in [2.75, 3.05) is 23.4 Å². The van der Waals surface area contributed by atoms with Gasteiger partial charge >= 0.3 is 6.18 Å². The monoisotopic (exact) mass is 290 g/mol. The maximum atomic E-state index is 12.5. The van der Waals surface area contributed by atoms with Crippen LogP contribution in [0, 0.1) is 0 Å². The van der Waals surface area contributed by atoms with Crippen molar-refractivity contribution in [1.29, 1.82) is 0 Å². The Hall–Kier alpha value is -1.21. The third-order valence-corrected chi connectivity index (χ3v) is 3.76. The van der Waals surface area contributed by atoms with Crippen molar-refractivity contribution in [3.8, 4) is 0 Å². The van der Waals surface area contributed by atoms with Gasteiger partial charge in [0.25, 0.3) is 0 Å². The van der Waals surface area contributed by atoms with E-state index in [1.807, 2.05) is 0 Å². The standard InChI is InChI=1S/C12H13F3N2OS/c13-12(14,15)8-2-1-3-9(6-8)17-11(18)10-7-19-5-4-16-10/h1-3,6,10,16H,4-5,7H2,(H,17,18). The minimum Gasteiger partial charge on any atom is -0.325 e. The topological polar surface area (TPSA) is 41.1 Å². The summed E-state index contributed by atoms with van der Waals surface area (Å²) in [6.45, 7) is 0.728. The molecule has 1 aromatic rings. The second-order valence-electron chi connectivity index (χ2n) is 4.15. The lowest BCUT2D eigenvalue weighted by Crippen LogP contribution is -2.46. The van der Waals surface area contributed by atoms with Gasteiger partial charge in [-0.15, -0.1) is 0 Å². The van der Waals surface area contributed by atoms with E-state index >= 15 is 0 Å². The van der Waals surface area contributed by atoms with Gasteiger partial charge in [0.2, 0.25) is 5.91 Å². The Balaban J connectivity index is 2.04. The molecule has 1 aliphatic rings. The van der Waals surface area contributed by atoms with Gasteiger partial charge in [0.15, 0.2) is 0 Å². The van der Waals surface area contributed by atoms with Crippen molar-refractivity contribution in [3.63, 3.8) is 0 Å². The van der Waals surface area contributed by atoms with Crippen LogP contribution in [0.3, 0.4) is 0 Å². The number of rotatable bonds is 2.